The number of ether oxygens (including phenoxy) is 1. The van der Waals surface area contributed by atoms with Crippen LogP contribution in [0, 0.1) is 11.7 Å². The highest BCUT2D eigenvalue weighted by Crippen LogP contribution is 2.24. The smallest absolute Gasteiger partial charge is 0.253 e. The Morgan fingerprint density at radius 2 is 2.12 bits per heavy atom. The van der Waals surface area contributed by atoms with Crippen LogP contribution >= 0.6 is 0 Å². The van der Waals surface area contributed by atoms with Gasteiger partial charge in [-0.3, -0.25) is 19.7 Å². The molecule has 0 unspecified atom stereocenters. The number of anilines is 2. The molecule has 3 amide bonds. The van der Waals surface area contributed by atoms with Crippen LogP contribution in [0.4, 0.5) is 15.8 Å². The van der Waals surface area contributed by atoms with E-state index in [1.165, 1.54) is 17.0 Å². The van der Waals surface area contributed by atoms with E-state index in [0.29, 0.717) is 13.2 Å². The van der Waals surface area contributed by atoms with Crippen LogP contribution < -0.4 is 21.3 Å². The minimum Gasteiger partial charge on any atom is -0.370 e. The van der Waals surface area contributed by atoms with E-state index in [1.807, 2.05) is 13.8 Å². The number of carbonyl (C=O) groups is 3. The first-order valence-electron chi connectivity index (χ1n) is 8.30. The van der Waals surface area contributed by atoms with Gasteiger partial charge in [0.1, 0.15) is 12.4 Å². The van der Waals surface area contributed by atoms with E-state index in [9.17, 15) is 18.8 Å². The van der Waals surface area contributed by atoms with Gasteiger partial charge in [-0.15, -0.1) is 0 Å². The molecule has 1 aromatic rings. The van der Waals surface area contributed by atoms with Crippen LogP contribution in [0.5, 0.6) is 0 Å². The van der Waals surface area contributed by atoms with Crippen molar-refractivity contribution < 1.29 is 23.5 Å². The molecule has 8 nitrogen and oxygen atoms in total. The normalized spacial score (nSPS) is 15.8. The van der Waals surface area contributed by atoms with Crippen LogP contribution in [0.3, 0.4) is 0 Å². The van der Waals surface area contributed by atoms with E-state index >= 15 is 0 Å². The molecule has 1 saturated heterocycles. The Morgan fingerprint density at radius 1 is 1.38 bits per heavy atom. The molecule has 2 rings (SSSR count). The molecule has 0 aliphatic carbocycles. The van der Waals surface area contributed by atoms with Crippen LogP contribution in [0.15, 0.2) is 18.2 Å². The first-order chi connectivity index (χ1) is 12.3. The molecule has 1 aliphatic heterocycles. The lowest BCUT2D eigenvalue weighted by molar-refractivity contribution is -0.128. The summed E-state index contributed by atoms with van der Waals surface area (Å²) < 4.78 is 19.4. The number of hydrogen-bond donors (Lipinski definition) is 3. The summed E-state index contributed by atoms with van der Waals surface area (Å²) in [5.41, 5.74) is 5.53. The van der Waals surface area contributed by atoms with E-state index in [0.717, 1.165) is 6.07 Å². The molecule has 26 heavy (non-hydrogen) atoms. The molecule has 0 bridgehead atoms. The molecule has 0 saturated carbocycles. The van der Waals surface area contributed by atoms with Gasteiger partial charge < -0.3 is 20.7 Å². The van der Waals surface area contributed by atoms with Gasteiger partial charge in [-0.05, 0) is 30.7 Å². The standard InChI is InChI=1S/C17H23FN4O4/c1-10(2)8-20-15(16(19)24)17(25)21-11-3-4-13(12(18)7-11)22-5-6-26-9-14(22)23/h3-4,7,10,15,20H,5-6,8-9H2,1-2H3,(H2,19,24)(H,21,25)/t15-/m1/s1. The van der Waals surface area contributed by atoms with E-state index < -0.39 is 23.7 Å². The minimum atomic E-state index is -1.22. The summed E-state index contributed by atoms with van der Waals surface area (Å²) in [6.07, 6.45) is 0. The fourth-order valence-corrected chi connectivity index (χ4v) is 2.47. The van der Waals surface area contributed by atoms with Gasteiger partial charge in [-0.1, -0.05) is 13.8 Å². The summed E-state index contributed by atoms with van der Waals surface area (Å²) in [5, 5.41) is 5.23. The maximum atomic E-state index is 14.4. The summed E-state index contributed by atoms with van der Waals surface area (Å²) in [4.78, 5) is 36.8. The number of morpholine rings is 1. The number of amides is 3. The topological polar surface area (TPSA) is 114 Å². The summed E-state index contributed by atoms with van der Waals surface area (Å²) in [6.45, 7) is 4.75. The highest BCUT2D eigenvalue weighted by Gasteiger charge is 2.26. The minimum absolute atomic E-state index is 0.0975. The number of nitrogens with two attached hydrogens (primary N) is 1. The monoisotopic (exact) mass is 366 g/mol. The lowest BCUT2D eigenvalue weighted by atomic mass is 10.1. The molecular formula is C17H23FN4O4. The van der Waals surface area contributed by atoms with Gasteiger partial charge in [0.2, 0.25) is 5.91 Å². The number of carbonyl (C=O) groups excluding carboxylic acids is 3. The Labute approximate surface area is 150 Å². The largest absolute Gasteiger partial charge is 0.370 e. The SMILES string of the molecule is CC(C)CN[C@H](C(N)=O)C(=O)Nc1ccc(N2CCOCC2=O)c(F)c1. The van der Waals surface area contributed by atoms with Crippen molar-refractivity contribution in [2.75, 3.05) is 36.5 Å². The first-order valence-corrected chi connectivity index (χ1v) is 8.30. The second-order valence-corrected chi connectivity index (χ2v) is 6.39. The second-order valence-electron chi connectivity index (χ2n) is 6.39. The van der Waals surface area contributed by atoms with Gasteiger partial charge in [0.15, 0.2) is 6.04 Å². The Hall–Kier alpha value is -2.52. The molecule has 1 aliphatic rings. The lowest BCUT2D eigenvalue weighted by Gasteiger charge is -2.27. The molecule has 1 aromatic carbocycles. The van der Waals surface area contributed by atoms with Gasteiger partial charge >= 0.3 is 0 Å². The highest BCUT2D eigenvalue weighted by atomic mass is 19.1. The third-order valence-corrected chi connectivity index (χ3v) is 3.77. The molecule has 4 N–H and O–H groups in total. The average Bonchev–Trinajstić information content (AvgIpc) is 2.55. The zero-order valence-corrected chi connectivity index (χ0v) is 14.8. The van der Waals surface area contributed by atoms with Gasteiger partial charge in [-0.25, -0.2) is 4.39 Å². The predicted molar refractivity (Wildman–Crippen MR) is 94.0 cm³/mol. The third kappa shape index (κ3) is 4.99. The highest BCUT2D eigenvalue weighted by molar-refractivity contribution is 6.09. The van der Waals surface area contributed by atoms with Crippen molar-refractivity contribution in [3.8, 4) is 0 Å². The Kier molecular flexibility index (Phi) is 6.64. The Balaban J connectivity index is 2.09. The predicted octanol–water partition coefficient (Wildman–Crippen LogP) is 0.227. The van der Waals surface area contributed by atoms with Crippen LogP contribution in [0.2, 0.25) is 0 Å². The summed E-state index contributed by atoms with van der Waals surface area (Å²) in [6, 6.07) is 2.73. The molecular weight excluding hydrogens is 343 g/mol. The molecule has 0 radical (unpaired) electrons. The quantitative estimate of drug-likeness (QED) is 0.598. The van der Waals surface area contributed by atoms with Crippen molar-refractivity contribution in [2.24, 2.45) is 11.7 Å². The maximum Gasteiger partial charge on any atom is 0.253 e. The van der Waals surface area contributed by atoms with Gasteiger partial charge in [-0.2, -0.15) is 0 Å². The zero-order valence-electron chi connectivity index (χ0n) is 14.8. The number of benzene rings is 1. The van der Waals surface area contributed by atoms with E-state index in [-0.39, 0.29) is 36.4 Å². The number of halogens is 1. The summed E-state index contributed by atoms with van der Waals surface area (Å²) >= 11 is 0. The lowest BCUT2D eigenvalue weighted by Crippen LogP contribution is -2.50. The average molecular weight is 366 g/mol. The first kappa shape index (κ1) is 19.8. The number of primary amides is 1. The van der Waals surface area contributed by atoms with Gasteiger partial charge in [0.05, 0.1) is 12.3 Å². The summed E-state index contributed by atoms with van der Waals surface area (Å²) in [7, 11) is 0. The molecule has 142 valence electrons. The van der Waals surface area contributed by atoms with E-state index in [1.54, 1.807) is 0 Å². The molecule has 0 aromatic heterocycles. The van der Waals surface area contributed by atoms with Crippen LogP contribution in [0.25, 0.3) is 0 Å². The fourth-order valence-electron chi connectivity index (χ4n) is 2.47. The summed E-state index contributed by atoms with van der Waals surface area (Å²) in [5.74, 6) is -2.28. The van der Waals surface area contributed by atoms with Crippen LogP contribution in [-0.2, 0) is 19.1 Å². The molecule has 1 atom stereocenters. The van der Waals surface area contributed by atoms with Crippen LogP contribution in [0.1, 0.15) is 13.8 Å². The van der Waals surface area contributed by atoms with Crippen molar-refractivity contribution in [3.63, 3.8) is 0 Å². The van der Waals surface area contributed by atoms with Crippen molar-refractivity contribution in [2.45, 2.75) is 19.9 Å². The zero-order chi connectivity index (χ0) is 19.3. The molecule has 0 spiro atoms. The van der Waals surface area contributed by atoms with Crippen molar-refractivity contribution in [3.05, 3.63) is 24.0 Å². The van der Waals surface area contributed by atoms with Gasteiger partial charge in [0.25, 0.3) is 11.8 Å². The van der Waals surface area contributed by atoms with Crippen molar-refractivity contribution in [1.82, 2.24) is 5.32 Å². The van der Waals surface area contributed by atoms with E-state index in [4.69, 9.17) is 10.5 Å². The number of hydrogen-bond acceptors (Lipinski definition) is 5. The Bertz CT molecular complexity index is 695. The molecule has 1 fully saturated rings. The van der Waals surface area contributed by atoms with Crippen molar-refractivity contribution in [1.29, 1.82) is 0 Å². The van der Waals surface area contributed by atoms with E-state index in [2.05, 4.69) is 10.6 Å². The van der Waals surface area contributed by atoms with Gasteiger partial charge in [0, 0.05) is 12.2 Å². The maximum absolute atomic E-state index is 14.4. The van der Waals surface area contributed by atoms with Crippen LogP contribution in [-0.4, -0.2) is 50.1 Å². The number of rotatable bonds is 7. The number of nitrogens with zero attached hydrogens (tertiary/aromatic N) is 1. The second kappa shape index (κ2) is 8.72. The molecule has 1 heterocycles. The Morgan fingerprint density at radius 3 is 2.69 bits per heavy atom. The third-order valence-electron chi connectivity index (χ3n) is 3.77. The van der Waals surface area contributed by atoms with Crippen molar-refractivity contribution >= 4 is 29.1 Å². The molecule has 9 heteroatoms. The fraction of sp³-hybridized carbons (Fsp3) is 0.471. The number of nitrogens with one attached hydrogen (secondary N) is 2.